The molecule has 1 N–H and O–H groups in total. The van der Waals surface area contributed by atoms with Gasteiger partial charge in [-0.15, -0.1) is 0 Å². The number of hydrogen-bond acceptors (Lipinski definition) is 1. The molecule has 0 saturated heterocycles. The Kier molecular flexibility index (Phi) is 5.61. The molecule has 1 heterocycles. The van der Waals surface area contributed by atoms with Crippen molar-refractivity contribution >= 4 is 0 Å². The Morgan fingerprint density at radius 1 is 1.38 bits per heavy atom. The number of rotatable bonds is 7. The highest BCUT2D eigenvalue weighted by atomic mass is 14.9. The fourth-order valence-electron chi connectivity index (χ4n) is 1.77. The average Bonchev–Trinajstić information content (AvgIpc) is 2.69. The van der Waals surface area contributed by atoms with Crippen LogP contribution < -0.4 is 5.32 Å². The molecule has 1 aromatic heterocycles. The summed E-state index contributed by atoms with van der Waals surface area (Å²) in [6.07, 6.45) is 5.76. The van der Waals surface area contributed by atoms with E-state index in [0.29, 0.717) is 6.04 Å². The maximum Gasteiger partial charge on any atom is 0.0172 e. The molecule has 1 rings (SSSR count). The molecule has 0 amide bonds. The molecule has 0 aliphatic carbocycles. The van der Waals surface area contributed by atoms with Crippen LogP contribution in [0.25, 0.3) is 0 Å². The van der Waals surface area contributed by atoms with Gasteiger partial charge in [0.2, 0.25) is 0 Å². The maximum absolute atomic E-state index is 3.61. The normalized spacial score (nSPS) is 15.0. The summed E-state index contributed by atoms with van der Waals surface area (Å²) in [6.45, 7) is 7.98. The molecule has 16 heavy (non-hydrogen) atoms. The van der Waals surface area contributed by atoms with Gasteiger partial charge in [0.15, 0.2) is 0 Å². The van der Waals surface area contributed by atoms with Crippen LogP contribution in [0.2, 0.25) is 0 Å². The highest BCUT2D eigenvalue weighted by molar-refractivity contribution is 5.06. The van der Waals surface area contributed by atoms with Crippen molar-refractivity contribution in [3.63, 3.8) is 0 Å². The van der Waals surface area contributed by atoms with Crippen LogP contribution in [0.5, 0.6) is 0 Å². The van der Waals surface area contributed by atoms with Crippen molar-refractivity contribution in [1.29, 1.82) is 0 Å². The summed E-state index contributed by atoms with van der Waals surface area (Å²) in [5, 5.41) is 3.61. The predicted molar refractivity (Wildman–Crippen MR) is 70.7 cm³/mol. The standard InChI is InChI=1S/C14H26N2/c1-5-12(2)11-15-13(3)8-9-14-7-6-10-16(14)4/h6-7,10,12-13,15H,5,8-9,11H2,1-4H3. The van der Waals surface area contributed by atoms with Crippen molar-refractivity contribution in [3.05, 3.63) is 24.0 Å². The van der Waals surface area contributed by atoms with Crippen molar-refractivity contribution < 1.29 is 0 Å². The molecule has 0 aromatic carbocycles. The van der Waals surface area contributed by atoms with Crippen molar-refractivity contribution in [2.45, 2.75) is 46.1 Å². The number of nitrogens with zero attached hydrogens (tertiary/aromatic N) is 1. The van der Waals surface area contributed by atoms with Crippen LogP contribution >= 0.6 is 0 Å². The highest BCUT2D eigenvalue weighted by Crippen LogP contribution is 2.06. The van der Waals surface area contributed by atoms with Gasteiger partial charge < -0.3 is 9.88 Å². The Labute approximate surface area is 100 Å². The third-order valence-corrected chi connectivity index (χ3v) is 3.40. The van der Waals surface area contributed by atoms with E-state index in [4.69, 9.17) is 0 Å². The summed E-state index contributed by atoms with van der Waals surface area (Å²) >= 11 is 0. The van der Waals surface area contributed by atoms with Crippen molar-refractivity contribution in [3.8, 4) is 0 Å². The van der Waals surface area contributed by atoms with E-state index in [9.17, 15) is 0 Å². The summed E-state index contributed by atoms with van der Waals surface area (Å²) in [5.74, 6) is 0.789. The Bertz CT molecular complexity index is 291. The Morgan fingerprint density at radius 2 is 2.12 bits per heavy atom. The molecular weight excluding hydrogens is 196 g/mol. The van der Waals surface area contributed by atoms with Crippen LogP contribution in [0.4, 0.5) is 0 Å². The summed E-state index contributed by atoms with van der Waals surface area (Å²) < 4.78 is 2.21. The molecule has 2 heteroatoms. The SMILES string of the molecule is CCC(C)CNC(C)CCc1cccn1C. The first-order chi connectivity index (χ1) is 7.63. The minimum absolute atomic E-state index is 0.615. The first-order valence-corrected chi connectivity index (χ1v) is 6.47. The third-order valence-electron chi connectivity index (χ3n) is 3.40. The fourth-order valence-corrected chi connectivity index (χ4v) is 1.77. The van der Waals surface area contributed by atoms with Gasteiger partial charge in [0.25, 0.3) is 0 Å². The van der Waals surface area contributed by atoms with Crippen molar-refractivity contribution in [2.24, 2.45) is 13.0 Å². The molecule has 0 radical (unpaired) electrons. The van der Waals surface area contributed by atoms with Gasteiger partial charge in [-0.2, -0.15) is 0 Å². The third kappa shape index (κ3) is 4.40. The van der Waals surface area contributed by atoms with Gasteiger partial charge in [0.1, 0.15) is 0 Å². The molecular formula is C14H26N2. The van der Waals surface area contributed by atoms with E-state index in [-0.39, 0.29) is 0 Å². The van der Waals surface area contributed by atoms with E-state index < -0.39 is 0 Å². The lowest BCUT2D eigenvalue weighted by atomic mass is 10.1. The Morgan fingerprint density at radius 3 is 2.69 bits per heavy atom. The van der Waals surface area contributed by atoms with Gasteiger partial charge >= 0.3 is 0 Å². The second-order valence-electron chi connectivity index (χ2n) is 4.97. The van der Waals surface area contributed by atoms with E-state index >= 15 is 0 Å². The molecule has 0 bridgehead atoms. The van der Waals surface area contributed by atoms with E-state index in [1.54, 1.807) is 0 Å². The van der Waals surface area contributed by atoms with Gasteiger partial charge in [-0.05, 0) is 44.4 Å². The lowest BCUT2D eigenvalue weighted by molar-refractivity contribution is 0.436. The van der Waals surface area contributed by atoms with Gasteiger partial charge in [-0.3, -0.25) is 0 Å². The van der Waals surface area contributed by atoms with Gasteiger partial charge in [-0.25, -0.2) is 0 Å². The van der Waals surface area contributed by atoms with Gasteiger partial charge in [0, 0.05) is 25.0 Å². The van der Waals surface area contributed by atoms with E-state index in [2.05, 4.69) is 56.0 Å². The quantitative estimate of drug-likeness (QED) is 0.750. The summed E-state index contributed by atoms with van der Waals surface area (Å²) in [5.41, 5.74) is 1.43. The largest absolute Gasteiger partial charge is 0.354 e. The lowest BCUT2D eigenvalue weighted by Gasteiger charge is -2.16. The van der Waals surface area contributed by atoms with Crippen LogP contribution in [-0.2, 0) is 13.5 Å². The van der Waals surface area contributed by atoms with Crippen LogP contribution in [0, 0.1) is 5.92 Å². The molecule has 2 unspecified atom stereocenters. The van der Waals surface area contributed by atoms with Crippen LogP contribution in [0.15, 0.2) is 18.3 Å². The summed E-state index contributed by atoms with van der Waals surface area (Å²) in [6, 6.07) is 4.94. The minimum Gasteiger partial charge on any atom is -0.354 e. The van der Waals surface area contributed by atoms with Gasteiger partial charge in [-0.1, -0.05) is 20.3 Å². The zero-order valence-electron chi connectivity index (χ0n) is 11.2. The second kappa shape index (κ2) is 6.74. The number of nitrogens with one attached hydrogen (secondary N) is 1. The van der Waals surface area contributed by atoms with Gasteiger partial charge in [0.05, 0.1) is 0 Å². The average molecular weight is 222 g/mol. The molecule has 2 nitrogen and oxygen atoms in total. The molecule has 0 aliphatic heterocycles. The van der Waals surface area contributed by atoms with E-state index in [1.807, 2.05) is 0 Å². The zero-order chi connectivity index (χ0) is 12.0. The molecule has 92 valence electrons. The second-order valence-corrected chi connectivity index (χ2v) is 4.97. The number of hydrogen-bond donors (Lipinski definition) is 1. The molecule has 2 atom stereocenters. The van der Waals surface area contributed by atoms with Crippen LogP contribution in [0.3, 0.4) is 0 Å². The molecule has 1 aromatic rings. The molecule has 0 aliphatic rings. The molecule has 0 saturated carbocycles. The topological polar surface area (TPSA) is 17.0 Å². The molecule has 0 fully saturated rings. The Hall–Kier alpha value is -0.760. The predicted octanol–water partition coefficient (Wildman–Crippen LogP) is 2.98. The monoisotopic (exact) mass is 222 g/mol. The summed E-state index contributed by atoms with van der Waals surface area (Å²) in [7, 11) is 2.12. The zero-order valence-corrected chi connectivity index (χ0v) is 11.2. The van der Waals surface area contributed by atoms with Crippen molar-refractivity contribution in [2.75, 3.05) is 6.54 Å². The number of aromatic nitrogens is 1. The molecule has 0 spiro atoms. The first-order valence-electron chi connectivity index (χ1n) is 6.47. The summed E-state index contributed by atoms with van der Waals surface area (Å²) in [4.78, 5) is 0. The first kappa shape index (κ1) is 13.3. The van der Waals surface area contributed by atoms with Crippen molar-refractivity contribution in [1.82, 2.24) is 9.88 Å². The number of aryl methyl sites for hydroxylation is 2. The Balaban J connectivity index is 2.20. The van der Waals surface area contributed by atoms with E-state index in [0.717, 1.165) is 18.9 Å². The smallest absolute Gasteiger partial charge is 0.0172 e. The van der Waals surface area contributed by atoms with Crippen LogP contribution in [-0.4, -0.2) is 17.2 Å². The van der Waals surface area contributed by atoms with Crippen LogP contribution in [0.1, 0.15) is 39.3 Å². The maximum atomic E-state index is 3.61. The minimum atomic E-state index is 0.615. The van der Waals surface area contributed by atoms with E-state index in [1.165, 1.54) is 18.5 Å². The fraction of sp³-hybridized carbons (Fsp3) is 0.714. The highest BCUT2D eigenvalue weighted by Gasteiger charge is 2.05. The lowest BCUT2D eigenvalue weighted by Crippen LogP contribution is -2.30.